The maximum absolute atomic E-state index is 12.4. The maximum Gasteiger partial charge on any atom is 0.407 e. The predicted octanol–water partition coefficient (Wildman–Crippen LogP) is 1.96. The number of aryl methyl sites for hydroxylation is 1. The molecule has 0 saturated carbocycles. The van der Waals surface area contributed by atoms with Gasteiger partial charge in [0.05, 0.1) is 7.11 Å². The van der Waals surface area contributed by atoms with Crippen molar-refractivity contribution in [2.75, 3.05) is 20.2 Å². The lowest BCUT2D eigenvalue weighted by Crippen LogP contribution is -2.46. The third-order valence-electron chi connectivity index (χ3n) is 3.55. The van der Waals surface area contributed by atoms with Crippen LogP contribution in [0.15, 0.2) is 24.3 Å². The highest BCUT2D eigenvalue weighted by atomic mass is 16.5. The van der Waals surface area contributed by atoms with Crippen molar-refractivity contribution >= 4 is 12.0 Å². The van der Waals surface area contributed by atoms with E-state index in [4.69, 9.17) is 0 Å². The van der Waals surface area contributed by atoms with Gasteiger partial charge in [-0.1, -0.05) is 17.7 Å². The molecular weight excluding hydrogens is 256 g/mol. The number of alkyl carbamates (subject to hydrolysis) is 1. The highest BCUT2D eigenvalue weighted by molar-refractivity contribution is 5.94. The normalized spacial score (nSPS) is 15.8. The molecule has 0 unspecified atom stereocenters. The summed E-state index contributed by atoms with van der Waals surface area (Å²) in [5, 5.41) is 2.78. The van der Waals surface area contributed by atoms with Gasteiger partial charge in [0.2, 0.25) is 0 Å². The smallest absolute Gasteiger partial charge is 0.407 e. The first-order chi connectivity index (χ1) is 9.60. The summed E-state index contributed by atoms with van der Waals surface area (Å²) in [7, 11) is 1.35. The minimum Gasteiger partial charge on any atom is -0.453 e. The molecule has 1 fully saturated rings. The van der Waals surface area contributed by atoms with Crippen molar-refractivity contribution in [3.63, 3.8) is 0 Å². The summed E-state index contributed by atoms with van der Waals surface area (Å²) in [4.78, 5) is 25.3. The van der Waals surface area contributed by atoms with E-state index in [1.54, 1.807) is 0 Å². The van der Waals surface area contributed by atoms with Gasteiger partial charge in [-0.05, 0) is 31.9 Å². The van der Waals surface area contributed by atoms with E-state index in [0.29, 0.717) is 13.1 Å². The van der Waals surface area contributed by atoms with Gasteiger partial charge in [0.25, 0.3) is 5.91 Å². The van der Waals surface area contributed by atoms with Crippen molar-refractivity contribution in [3.8, 4) is 0 Å². The number of carbonyl (C=O) groups is 2. The Bertz CT molecular complexity index is 494. The van der Waals surface area contributed by atoms with Gasteiger partial charge in [0.15, 0.2) is 0 Å². The Morgan fingerprint density at radius 3 is 2.60 bits per heavy atom. The number of nitrogens with zero attached hydrogens (tertiary/aromatic N) is 1. The average molecular weight is 276 g/mol. The van der Waals surface area contributed by atoms with E-state index in [1.807, 2.05) is 36.1 Å². The number of rotatable bonds is 2. The molecular formula is C15H20N2O3. The molecule has 0 aliphatic carbocycles. The molecule has 0 aromatic heterocycles. The second kappa shape index (κ2) is 6.41. The van der Waals surface area contributed by atoms with Crippen LogP contribution in [-0.2, 0) is 4.74 Å². The Labute approximate surface area is 118 Å². The lowest BCUT2D eigenvalue weighted by Gasteiger charge is -2.32. The number of carbonyl (C=O) groups excluding carboxylic acids is 2. The topological polar surface area (TPSA) is 58.6 Å². The van der Waals surface area contributed by atoms with Crippen LogP contribution < -0.4 is 5.32 Å². The molecule has 1 aromatic carbocycles. The molecule has 108 valence electrons. The van der Waals surface area contributed by atoms with Crippen LogP contribution in [0.3, 0.4) is 0 Å². The zero-order valence-electron chi connectivity index (χ0n) is 11.9. The molecule has 1 heterocycles. The Morgan fingerprint density at radius 2 is 2.00 bits per heavy atom. The molecule has 2 rings (SSSR count). The van der Waals surface area contributed by atoms with Crippen LogP contribution in [0.4, 0.5) is 4.79 Å². The second-order valence-electron chi connectivity index (χ2n) is 5.07. The van der Waals surface area contributed by atoms with Crippen LogP contribution in [0, 0.1) is 6.92 Å². The first-order valence-corrected chi connectivity index (χ1v) is 6.80. The first-order valence-electron chi connectivity index (χ1n) is 6.80. The summed E-state index contributed by atoms with van der Waals surface area (Å²) in [6.45, 7) is 3.28. The molecule has 2 amide bonds. The molecule has 1 aliphatic rings. The lowest BCUT2D eigenvalue weighted by atomic mass is 10.0. The fourth-order valence-corrected chi connectivity index (χ4v) is 2.41. The number of likely N-dealkylation sites (tertiary alicyclic amines) is 1. The summed E-state index contributed by atoms with van der Waals surface area (Å²) in [5.41, 5.74) is 1.81. The lowest BCUT2D eigenvalue weighted by molar-refractivity contribution is 0.0704. The van der Waals surface area contributed by atoms with Gasteiger partial charge in [-0.15, -0.1) is 0 Å². The Kier molecular flexibility index (Phi) is 4.61. The van der Waals surface area contributed by atoms with Crippen LogP contribution in [0.2, 0.25) is 0 Å². The fourth-order valence-electron chi connectivity index (χ4n) is 2.41. The molecule has 5 heteroatoms. The zero-order chi connectivity index (χ0) is 14.5. The molecule has 5 nitrogen and oxygen atoms in total. The number of methoxy groups -OCH3 is 1. The van der Waals surface area contributed by atoms with E-state index in [2.05, 4.69) is 10.1 Å². The summed E-state index contributed by atoms with van der Waals surface area (Å²) in [5.74, 6) is 0.0604. The van der Waals surface area contributed by atoms with Crippen molar-refractivity contribution in [2.45, 2.75) is 25.8 Å². The quantitative estimate of drug-likeness (QED) is 0.898. The molecule has 0 radical (unpaired) electrons. The van der Waals surface area contributed by atoms with Crippen LogP contribution in [0.1, 0.15) is 28.8 Å². The summed E-state index contributed by atoms with van der Waals surface area (Å²) < 4.78 is 4.58. The first kappa shape index (κ1) is 14.4. The van der Waals surface area contributed by atoms with Crippen molar-refractivity contribution in [3.05, 3.63) is 35.4 Å². The van der Waals surface area contributed by atoms with Gasteiger partial charge >= 0.3 is 6.09 Å². The molecule has 1 aromatic rings. The number of nitrogens with one attached hydrogen (secondary N) is 1. The largest absolute Gasteiger partial charge is 0.453 e. The zero-order valence-corrected chi connectivity index (χ0v) is 11.9. The van der Waals surface area contributed by atoms with E-state index in [9.17, 15) is 9.59 Å². The second-order valence-corrected chi connectivity index (χ2v) is 5.07. The van der Waals surface area contributed by atoms with Crippen LogP contribution in [-0.4, -0.2) is 43.1 Å². The minimum absolute atomic E-state index is 0.0604. The van der Waals surface area contributed by atoms with Crippen LogP contribution >= 0.6 is 0 Å². The van der Waals surface area contributed by atoms with Gasteiger partial charge in [0, 0.05) is 24.7 Å². The van der Waals surface area contributed by atoms with E-state index < -0.39 is 6.09 Å². The Hall–Kier alpha value is -2.04. The van der Waals surface area contributed by atoms with E-state index in [-0.39, 0.29) is 11.9 Å². The average Bonchev–Trinajstić information content (AvgIpc) is 2.47. The summed E-state index contributed by atoms with van der Waals surface area (Å²) >= 11 is 0. The molecule has 0 spiro atoms. The summed E-state index contributed by atoms with van der Waals surface area (Å²) in [6, 6.07) is 7.70. The van der Waals surface area contributed by atoms with Gasteiger partial charge in [-0.2, -0.15) is 0 Å². The molecule has 1 saturated heterocycles. The minimum atomic E-state index is -0.409. The molecule has 0 atom stereocenters. The van der Waals surface area contributed by atoms with E-state index in [1.165, 1.54) is 7.11 Å². The number of benzene rings is 1. The van der Waals surface area contributed by atoms with Crippen LogP contribution in [0.25, 0.3) is 0 Å². The van der Waals surface area contributed by atoms with Crippen molar-refractivity contribution in [1.29, 1.82) is 0 Å². The molecule has 1 N–H and O–H groups in total. The predicted molar refractivity (Wildman–Crippen MR) is 75.6 cm³/mol. The molecule has 20 heavy (non-hydrogen) atoms. The van der Waals surface area contributed by atoms with Gasteiger partial charge in [-0.25, -0.2) is 4.79 Å². The van der Waals surface area contributed by atoms with Crippen molar-refractivity contribution < 1.29 is 14.3 Å². The fraction of sp³-hybridized carbons (Fsp3) is 0.467. The standard InChI is InChI=1S/C15H20N2O3/c1-11-4-3-5-12(10-11)14(18)17-8-6-13(7-9-17)16-15(19)20-2/h3-5,10,13H,6-9H2,1-2H3,(H,16,19). The van der Waals surface area contributed by atoms with Crippen molar-refractivity contribution in [1.82, 2.24) is 10.2 Å². The highest BCUT2D eigenvalue weighted by Crippen LogP contribution is 2.15. The van der Waals surface area contributed by atoms with Gasteiger partial charge in [-0.3, -0.25) is 4.79 Å². The molecule has 0 bridgehead atoms. The third kappa shape index (κ3) is 3.50. The van der Waals surface area contributed by atoms with E-state index >= 15 is 0 Å². The number of hydrogen-bond donors (Lipinski definition) is 1. The summed E-state index contributed by atoms with van der Waals surface area (Å²) in [6.07, 6.45) is 1.10. The monoisotopic (exact) mass is 276 g/mol. The number of ether oxygens (including phenoxy) is 1. The van der Waals surface area contributed by atoms with E-state index in [0.717, 1.165) is 24.0 Å². The molecule has 1 aliphatic heterocycles. The van der Waals surface area contributed by atoms with Crippen molar-refractivity contribution in [2.24, 2.45) is 0 Å². The van der Waals surface area contributed by atoms with Gasteiger partial charge in [0.1, 0.15) is 0 Å². The van der Waals surface area contributed by atoms with Gasteiger partial charge < -0.3 is 15.0 Å². The number of amides is 2. The SMILES string of the molecule is COC(=O)NC1CCN(C(=O)c2cccc(C)c2)CC1. The Balaban J connectivity index is 1.90. The third-order valence-corrected chi connectivity index (χ3v) is 3.55. The van der Waals surface area contributed by atoms with Crippen LogP contribution in [0.5, 0.6) is 0 Å². The number of piperidine rings is 1. The Morgan fingerprint density at radius 1 is 1.30 bits per heavy atom. The maximum atomic E-state index is 12.4. The highest BCUT2D eigenvalue weighted by Gasteiger charge is 2.24. The number of hydrogen-bond acceptors (Lipinski definition) is 3.